The predicted molar refractivity (Wildman–Crippen MR) is 116 cm³/mol. The fourth-order valence-corrected chi connectivity index (χ4v) is 4.70. The van der Waals surface area contributed by atoms with E-state index >= 15 is 0 Å². The molecule has 5 rings (SSSR count). The number of carbonyl (C=O) groups is 1. The molecule has 1 saturated carbocycles. The zero-order chi connectivity index (χ0) is 21.5. The Labute approximate surface area is 185 Å². The van der Waals surface area contributed by atoms with Gasteiger partial charge in [0.15, 0.2) is 18.3 Å². The van der Waals surface area contributed by atoms with Crippen LogP contribution in [0.1, 0.15) is 46.3 Å². The van der Waals surface area contributed by atoms with Gasteiger partial charge in [-0.15, -0.1) is 0 Å². The SMILES string of the molecule is Cc1c(Cc2ccc(-n3cccn3)nc2)cc2c(c1Cl)OCN(C1CCCC1O)C2=O. The lowest BCUT2D eigenvalue weighted by atomic mass is 9.96. The van der Waals surface area contributed by atoms with Crippen molar-refractivity contribution >= 4 is 17.5 Å². The van der Waals surface area contributed by atoms with E-state index in [1.165, 1.54) is 0 Å². The zero-order valence-corrected chi connectivity index (χ0v) is 17.9. The third-order valence-electron chi connectivity index (χ3n) is 6.20. The van der Waals surface area contributed by atoms with Crippen LogP contribution >= 0.6 is 11.6 Å². The molecule has 2 aliphatic rings. The highest BCUT2D eigenvalue weighted by atomic mass is 35.5. The Morgan fingerprint density at radius 1 is 1.32 bits per heavy atom. The highest BCUT2D eigenvalue weighted by molar-refractivity contribution is 6.33. The minimum Gasteiger partial charge on any atom is -0.471 e. The topological polar surface area (TPSA) is 80.5 Å². The summed E-state index contributed by atoms with van der Waals surface area (Å²) in [6.45, 7) is 2.05. The van der Waals surface area contributed by atoms with Gasteiger partial charge in [0, 0.05) is 18.6 Å². The van der Waals surface area contributed by atoms with Crippen LogP contribution in [0.2, 0.25) is 5.02 Å². The number of aliphatic hydroxyl groups is 1. The number of ether oxygens (including phenoxy) is 1. The molecule has 2 unspecified atom stereocenters. The Balaban J connectivity index is 1.43. The van der Waals surface area contributed by atoms with Gasteiger partial charge in [0.2, 0.25) is 0 Å². The van der Waals surface area contributed by atoms with E-state index in [-0.39, 0.29) is 18.7 Å². The van der Waals surface area contributed by atoms with E-state index in [9.17, 15) is 9.90 Å². The van der Waals surface area contributed by atoms with Gasteiger partial charge in [0.25, 0.3) is 5.91 Å². The highest BCUT2D eigenvalue weighted by Gasteiger charge is 2.38. The number of hydrogen-bond donors (Lipinski definition) is 1. The van der Waals surface area contributed by atoms with Crippen molar-refractivity contribution in [2.45, 2.75) is 44.8 Å². The van der Waals surface area contributed by atoms with Gasteiger partial charge in [-0.2, -0.15) is 5.10 Å². The first-order valence-corrected chi connectivity index (χ1v) is 10.8. The fraction of sp³-hybridized carbons (Fsp3) is 0.348. The number of halogens is 1. The molecule has 8 heteroatoms. The molecule has 1 N–H and O–H groups in total. The second-order valence-electron chi connectivity index (χ2n) is 8.12. The van der Waals surface area contributed by atoms with Crippen LogP contribution in [0.15, 0.2) is 42.9 Å². The Morgan fingerprint density at radius 3 is 2.87 bits per heavy atom. The second kappa shape index (κ2) is 7.98. The molecule has 1 amide bonds. The first-order valence-electron chi connectivity index (χ1n) is 10.4. The number of benzene rings is 1. The summed E-state index contributed by atoms with van der Waals surface area (Å²) in [6.07, 6.45) is 7.84. The summed E-state index contributed by atoms with van der Waals surface area (Å²) in [5, 5.41) is 14.9. The molecule has 2 aromatic heterocycles. The number of fused-ring (bicyclic) bond motifs is 1. The van der Waals surface area contributed by atoms with E-state index in [2.05, 4.69) is 10.1 Å². The molecule has 1 aliphatic heterocycles. The van der Waals surface area contributed by atoms with Gasteiger partial charge >= 0.3 is 0 Å². The van der Waals surface area contributed by atoms with Gasteiger partial charge < -0.3 is 9.84 Å². The number of carbonyl (C=O) groups excluding carboxylic acids is 1. The summed E-state index contributed by atoms with van der Waals surface area (Å²) in [5.41, 5.74) is 3.29. The minimum absolute atomic E-state index is 0.116. The van der Waals surface area contributed by atoms with E-state index in [0.717, 1.165) is 35.3 Å². The van der Waals surface area contributed by atoms with Crippen molar-refractivity contribution in [3.05, 3.63) is 70.1 Å². The third kappa shape index (κ3) is 3.58. The predicted octanol–water partition coefficient (Wildman–Crippen LogP) is 3.53. The maximum atomic E-state index is 13.2. The summed E-state index contributed by atoms with van der Waals surface area (Å²) in [5.74, 6) is 1.04. The smallest absolute Gasteiger partial charge is 0.260 e. The van der Waals surface area contributed by atoms with E-state index < -0.39 is 6.10 Å². The lowest BCUT2D eigenvalue weighted by molar-refractivity contribution is 0.0127. The molecule has 0 saturated heterocycles. The average Bonchev–Trinajstić information content (AvgIpc) is 3.45. The van der Waals surface area contributed by atoms with E-state index in [0.29, 0.717) is 29.2 Å². The van der Waals surface area contributed by atoms with Crippen LogP contribution < -0.4 is 4.74 Å². The summed E-state index contributed by atoms with van der Waals surface area (Å²) < 4.78 is 7.58. The van der Waals surface area contributed by atoms with Crippen molar-refractivity contribution in [2.75, 3.05) is 6.73 Å². The Kier molecular flexibility index (Phi) is 5.16. The number of hydrogen-bond acceptors (Lipinski definition) is 5. The van der Waals surface area contributed by atoms with Crippen molar-refractivity contribution in [2.24, 2.45) is 0 Å². The van der Waals surface area contributed by atoms with Crippen LogP contribution in [0.5, 0.6) is 5.75 Å². The molecule has 0 spiro atoms. The molecule has 0 radical (unpaired) electrons. The molecular formula is C23H23ClN4O3. The van der Waals surface area contributed by atoms with Crippen molar-refractivity contribution < 1.29 is 14.6 Å². The first-order chi connectivity index (χ1) is 15.0. The molecule has 31 heavy (non-hydrogen) atoms. The standard InChI is InChI=1S/C23H23ClN4O3/c1-14-16(10-15-6-7-20(25-12-15)28-9-3-8-26-28)11-17-22(21(14)24)31-13-27(23(17)30)18-4-2-5-19(18)29/h3,6-9,11-12,18-19,29H,2,4-5,10,13H2,1H3. The van der Waals surface area contributed by atoms with Gasteiger partial charge in [-0.25, -0.2) is 9.67 Å². The Hall–Kier alpha value is -2.90. The lowest BCUT2D eigenvalue weighted by Gasteiger charge is -2.35. The molecule has 3 heterocycles. The maximum Gasteiger partial charge on any atom is 0.260 e. The van der Waals surface area contributed by atoms with Crippen molar-refractivity contribution in [1.29, 1.82) is 0 Å². The van der Waals surface area contributed by atoms with Crippen LogP contribution in [0.25, 0.3) is 5.82 Å². The number of nitrogens with zero attached hydrogens (tertiary/aromatic N) is 4. The third-order valence-corrected chi connectivity index (χ3v) is 6.65. The van der Waals surface area contributed by atoms with Crippen LogP contribution in [0.3, 0.4) is 0 Å². The molecule has 1 fully saturated rings. The molecule has 2 atom stereocenters. The quantitative estimate of drug-likeness (QED) is 0.674. The second-order valence-corrected chi connectivity index (χ2v) is 8.50. The normalized spacial score (nSPS) is 20.6. The van der Waals surface area contributed by atoms with Crippen LogP contribution in [0.4, 0.5) is 0 Å². The van der Waals surface area contributed by atoms with Gasteiger partial charge in [-0.05, 0) is 67.5 Å². The van der Waals surface area contributed by atoms with Crippen molar-refractivity contribution in [1.82, 2.24) is 19.7 Å². The van der Waals surface area contributed by atoms with Gasteiger partial charge in [-0.3, -0.25) is 9.69 Å². The number of aromatic nitrogens is 3. The van der Waals surface area contributed by atoms with Crippen LogP contribution in [0, 0.1) is 6.92 Å². The number of pyridine rings is 1. The lowest BCUT2D eigenvalue weighted by Crippen LogP contribution is -2.48. The summed E-state index contributed by atoms with van der Waals surface area (Å²) in [4.78, 5) is 19.4. The Morgan fingerprint density at radius 2 is 2.19 bits per heavy atom. The minimum atomic E-state index is -0.506. The van der Waals surface area contributed by atoms with E-state index in [4.69, 9.17) is 16.3 Å². The molecule has 7 nitrogen and oxygen atoms in total. The molecule has 1 aliphatic carbocycles. The molecule has 160 valence electrons. The molecular weight excluding hydrogens is 416 g/mol. The number of aliphatic hydroxyl groups excluding tert-OH is 1. The zero-order valence-electron chi connectivity index (χ0n) is 17.2. The van der Waals surface area contributed by atoms with Gasteiger partial charge in [-0.1, -0.05) is 17.7 Å². The largest absolute Gasteiger partial charge is 0.471 e. The average molecular weight is 439 g/mol. The Bertz CT molecular complexity index is 1110. The first kappa shape index (κ1) is 20.0. The monoisotopic (exact) mass is 438 g/mol. The van der Waals surface area contributed by atoms with E-state index in [1.54, 1.807) is 15.8 Å². The number of amides is 1. The van der Waals surface area contributed by atoms with Crippen molar-refractivity contribution in [3.8, 4) is 11.6 Å². The number of rotatable bonds is 4. The van der Waals surface area contributed by atoms with E-state index in [1.807, 2.05) is 43.6 Å². The van der Waals surface area contributed by atoms with Gasteiger partial charge in [0.1, 0.15) is 0 Å². The van der Waals surface area contributed by atoms with Crippen LogP contribution in [-0.4, -0.2) is 49.6 Å². The maximum absolute atomic E-state index is 13.2. The molecule has 0 bridgehead atoms. The van der Waals surface area contributed by atoms with Crippen LogP contribution in [-0.2, 0) is 6.42 Å². The molecule has 3 aromatic rings. The summed E-state index contributed by atoms with van der Waals surface area (Å²) in [6, 6.07) is 7.42. The van der Waals surface area contributed by atoms with Gasteiger partial charge in [0.05, 0.1) is 22.7 Å². The molecule has 1 aromatic carbocycles. The summed E-state index contributed by atoms with van der Waals surface area (Å²) >= 11 is 6.60. The highest BCUT2D eigenvalue weighted by Crippen LogP contribution is 2.39. The fourth-order valence-electron chi connectivity index (χ4n) is 4.42. The summed E-state index contributed by atoms with van der Waals surface area (Å²) in [7, 11) is 0. The van der Waals surface area contributed by atoms with Crippen molar-refractivity contribution in [3.63, 3.8) is 0 Å².